The number of amides is 1. The second kappa shape index (κ2) is 16.1. The number of allylic oxidation sites excluding steroid dienone is 4. The van der Waals surface area contributed by atoms with Crippen LogP contribution in [0.25, 0.3) is 5.57 Å². The first-order valence-corrected chi connectivity index (χ1v) is 13.1. The Labute approximate surface area is 217 Å². The van der Waals surface area contributed by atoms with Crippen molar-refractivity contribution in [1.29, 1.82) is 0 Å². The maximum atomic E-state index is 14.8. The van der Waals surface area contributed by atoms with Gasteiger partial charge in [-0.25, -0.2) is 4.39 Å². The van der Waals surface area contributed by atoms with E-state index in [1.54, 1.807) is 24.0 Å². The first-order valence-electron chi connectivity index (χ1n) is 13.1. The summed E-state index contributed by atoms with van der Waals surface area (Å²) in [5.41, 5.74) is 2.09. The Hall–Kier alpha value is -2.70. The van der Waals surface area contributed by atoms with E-state index in [0.717, 1.165) is 37.1 Å². The smallest absolute Gasteiger partial charge is 0.253 e. The van der Waals surface area contributed by atoms with Crippen molar-refractivity contribution >= 4 is 11.5 Å². The molecule has 2 aliphatic rings. The monoisotopic (exact) mass is 500 g/mol. The van der Waals surface area contributed by atoms with Crippen LogP contribution in [0.1, 0.15) is 66.4 Å². The first kappa shape index (κ1) is 31.3. The number of aliphatic hydroxyl groups excluding tert-OH is 1. The second-order valence-corrected chi connectivity index (χ2v) is 8.69. The molecule has 1 saturated heterocycles. The second-order valence-electron chi connectivity index (χ2n) is 8.69. The Morgan fingerprint density at radius 3 is 2.28 bits per heavy atom. The summed E-state index contributed by atoms with van der Waals surface area (Å²) in [5, 5.41) is 10.9. The van der Waals surface area contributed by atoms with Gasteiger partial charge in [0.25, 0.3) is 5.91 Å². The average molecular weight is 501 g/mol. The molecule has 1 aromatic carbocycles. The molecule has 5 nitrogen and oxygen atoms in total. The number of fused-ring (bicyclic) bond motifs is 1. The van der Waals surface area contributed by atoms with Crippen LogP contribution in [0.3, 0.4) is 0 Å². The van der Waals surface area contributed by atoms with Gasteiger partial charge < -0.3 is 20.1 Å². The number of piperidine rings is 1. The summed E-state index contributed by atoms with van der Waals surface area (Å²) < 4.78 is 21.1. The van der Waals surface area contributed by atoms with E-state index in [0.29, 0.717) is 30.0 Å². The molecular formula is C30H45FN2O3. The number of nitrogens with one attached hydrogen (secondary N) is 1. The molecule has 0 aliphatic carbocycles. The quantitative estimate of drug-likeness (QED) is 0.368. The minimum absolute atomic E-state index is 0.0888. The maximum absolute atomic E-state index is 14.8. The Balaban J connectivity index is 0.000000982. The van der Waals surface area contributed by atoms with Gasteiger partial charge in [-0.15, -0.1) is 0 Å². The molecule has 1 spiro atoms. The lowest BCUT2D eigenvalue weighted by Gasteiger charge is -2.40. The largest absolute Gasteiger partial charge is 0.482 e. The van der Waals surface area contributed by atoms with Gasteiger partial charge in [0, 0.05) is 38.1 Å². The molecule has 0 radical (unpaired) electrons. The number of hydrogen-bond donors (Lipinski definition) is 2. The molecule has 36 heavy (non-hydrogen) atoms. The van der Waals surface area contributed by atoms with Crippen LogP contribution < -0.4 is 10.1 Å². The SMILES string of the molecule is C=C(/C=C\C(=C/C)C1=CC2(CCNCC2)Oc2cccc(F)c21)C(=O)N(CC)CC.CCC.CCO. The minimum atomic E-state index is -0.447. The Bertz CT molecular complexity index is 938. The van der Waals surface area contributed by atoms with Crippen LogP contribution in [0.2, 0.25) is 0 Å². The van der Waals surface area contributed by atoms with Gasteiger partial charge in [-0.2, -0.15) is 0 Å². The normalized spacial score (nSPS) is 16.0. The molecule has 0 bridgehead atoms. The molecule has 200 valence electrons. The van der Waals surface area contributed by atoms with Crippen LogP contribution >= 0.6 is 0 Å². The zero-order valence-electron chi connectivity index (χ0n) is 23.0. The highest BCUT2D eigenvalue weighted by molar-refractivity contribution is 5.96. The molecule has 0 unspecified atom stereocenters. The fourth-order valence-corrected chi connectivity index (χ4v) is 4.08. The summed E-state index contributed by atoms with van der Waals surface area (Å²) in [5.74, 6) is 0.169. The van der Waals surface area contributed by atoms with Gasteiger partial charge in [0.15, 0.2) is 0 Å². The number of likely N-dealkylation sites (N-methyl/N-ethyl adjacent to an activating group) is 1. The van der Waals surface area contributed by atoms with Crippen molar-refractivity contribution in [3.05, 3.63) is 71.6 Å². The van der Waals surface area contributed by atoms with E-state index in [4.69, 9.17) is 9.84 Å². The molecule has 3 rings (SSSR count). The summed E-state index contributed by atoms with van der Waals surface area (Å²) >= 11 is 0. The van der Waals surface area contributed by atoms with Crippen molar-refractivity contribution in [3.63, 3.8) is 0 Å². The molecule has 2 N–H and O–H groups in total. The van der Waals surface area contributed by atoms with E-state index in [9.17, 15) is 9.18 Å². The van der Waals surface area contributed by atoms with E-state index in [2.05, 4.69) is 31.8 Å². The van der Waals surface area contributed by atoms with Crippen molar-refractivity contribution in [1.82, 2.24) is 10.2 Å². The van der Waals surface area contributed by atoms with Crippen LogP contribution in [-0.4, -0.2) is 54.3 Å². The van der Waals surface area contributed by atoms with Crippen molar-refractivity contribution < 1.29 is 19.0 Å². The lowest BCUT2D eigenvalue weighted by Crippen LogP contribution is -2.46. The highest BCUT2D eigenvalue weighted by Gasteiger charge is 2.38. The van der Waals surface area contributed by atoms with Crippen LogP contribution in [0.5, 0.6) is 5.75 Å². The zero-order valence-corrected chi connectivity index (χ0v) is 23.0. The molecule has 0 atom stereocenters. The van der Waals surface area contributed by atoms with Crippen molar-refractivity contribution in [3.8, 4) is 5.75 Å². The summed E-state index contributed by atoms with van der Waals surface area (Å²) in [6, 6.07) is 4.97. The molecule has 2 heterocycles. The van der Waals surface area contributed by atoms with E-state index in [1.165, 1.54) is 12.5 Å². The van der Waals surface area contributed by atoms with E-state index < -0.39 is 5.60 Å². The predicted octanol–water partition coefficient (Wildman–Crippen LogP) is 6.07. The highest BCUT2D eigenvalue weighted by Crippen LogP contribution is 2.44. The molecule has 2 aliphatic heterocycles. The number of carbonyl (C=O) groups excluding carboxylic acids is 1. The number of ether oxygens (including phenoxy) is 1. The Morgan fingerprint density at radius 2 is 1.75 bits per heavy atom. The summed E-state index contributed by atoms with van der Waals surface area (Å²) in [4.78, 5) is 14.3. The zero-order chi connectivity index (χ0) is 27.1. The van der Waals surface area contributed by atoms with Crippen molar-refractivity contribution in [2.24, 2.45) is 0 Å². The Morgan fingerprint density at radius 1 is 1.17 bits per heavy atom. The van der Waals surface area contributed by atoms with Gasteiger partial charge in [-0.3, -0.25) is 4.79 Å². The number of rotatable bonds is 6. The molecule has 0 aromatic heterocycles. The van der Waals surface area contributed by atoms with Gasteiger partial charge in [0.1, 0.15) is 17.2 Å². The maximum Gasteiger partial charge on any atom is 0.253 e. The summed E-state index contributed by atoms with van der Waals surface area (Å²) in [6.07, 6.45) is 10.5. The standard InChI is InChI=1S/C25H31FN2O2.C3H8.C2H6O/c1-5-19(12-11-18(4)24(29)28(6-2)7-3)20-17-25(13-15-27-16-14-25)30-22-10-8-9-21(26)23(20)22;1-3-2;1-2-3/h5,8-12,17,27H,4,6-7,13-16H2,1-3H3;3H2,1-2H3;3H,2H2,1H3/b12-11-,19-5+;;. The van der Waals surface area contributed by atoms with Gasteiger partial charge in [0.05, 0.1) is 5.56 Å². The van der Waals surface area contributed by atoms with Crippen molar-refractivity contribution in [2.45, 2.75) is 66.4 Å². The number of nitrogens with zero attached hydrogens (tertiary/aromatic N) is 1. The highest BCUT2D eigenvalue weighted by atomic mass is 19.1. The Kier molecular flexibility index (Phi) is 14.0. The first-order chi connectivity index (χ1) is 17.3. The van der Waals surface area contributed by atoms with E-state index in [-0.39, 0.29) is 18.3 Å². The number of halogens is 1. The van der Waals surface area contributed by atoms with Crippen molar-refractivity contribution in [2.75, 3.05) is 32.8 Å². The fraction of sp³-hybridized carbons (Fsp3) is 0.500. The third kappa shape index (κ3) is 8.45. The molecule has 1 amide bonds. The molecular weight excluding hydrogens is 455 g/mol. The summed E-state index contributed by atoms with van der Waals surface area (Å²) in [6.45, 7) is 18.9. The van der Waals surface area contributed by atoms with Crippen LogP contribution in [-0.2, 0) is 4.79 Å². The minimum Gasteiger partial charge on any atom is -0.482 e. The average Bonchev–Trinajstić information content (AvgIpc) is 2.86. The van der Waals surface area contributed by atoms with Crippen LogP contribution in [0.15, 0.2) is 60.2 Å². The van der Waals surface area contributed by atoms with Gasteiger partial charge in [-0.1, -0.05) is 45.1 Å². The number of benzene rings is 1. The van der Waals surface area contributed by atoms with Crippen LogP contribution in [0, 0.1) is 5.82 Å². The third-order valence-electron chi connectivity index (χ3n) is 5.83. The molecule has 6 heteroatoms. The topological polar surface area (TPSA) is 61.8 Å². The van der Waals surface area contributed by atoms with Gasteiger partial charge >= 0.3 is 0 Å². The number of aliphatic hydroxyl groups is 1. The number of carbonyl (C=O) groups is 1. The lowest BCUT2D eigenvalue weighted by molar-refractivity contribution is -0.126. The third-order valence-corrected chi connectivity index (χ3v) is 5.83. The van der Waals surface area contributed by atoms with E-state index >= 15 is 0 Å². The van der Waals surface area contributed by atoms with Gasteiger partial charge in [-0.05, 0) is 76.2 Å². The summed E-state index contributed by atoms with van der Waals surface area (Å²) in [7, 11) is 0. The molecule has 1 aromatic rings. The predicted molar refractivity (Wildman–Crippen MR) is 149 cm³/mol. The van der Waals surface area contributed by atoms with E-state index in [1.807, 2.05) is 39.0 Å². The number of hydrogen-bond acceptors (Lipinski definition) is 4. The van der Waals surface area contributed by atoms with Crippen LogP contribution in [0.4, 0.5) is 4.39 Å². The molecule has 0 saturated carbocycles. The molecule has 1 fully saturated rings. The van der Waals surface area contributed by atoms with Gasteiger partial charge in [0.2, 0.25) is 0 Å². The fourth-order valence-electron chi connectivity index (χ4n) is 4.08. The lowest BCUT2D eigenvalue weighted by atomic mass is 9.83.